The Kier molecular flexibility index (Phi) is 9.84. The summed E-state index contributed by atoms with van der Waals surface area (Å²) in [6.45, 7) is 9.25. The predicted octanol–water partition coefficient (Wildman–Crippen LogP) is 12.1. The van der Waals surface area contributed by atoms with Crippen LogP contribution in [0, 0.1) is 0 Å². The molecule has 9 aromatic rings. The first kappa shape index (κ1) is 33.2. The zero-order valence-electron chi connectivity index (χ0n) is 29.5. The first-order chi connectivity index (χ1) is 25.2. The maximum absolute atomic E-state index is 4.35. The standard InChI is InChI=1S/C42H30N4.C3H6.C2H6/c1-3-7-39-35(5-1)36-6-2-4-8-40(36)45(39)33-17-13-31(14-18-33)25-29-9-11-30(12-10-29)26-32-15-19-34(20-16-32)46-41-21-23-43-27-37(41)38-28-44-24-22-42(38)46;1-3-2;1-2/h1-24,27-28H,25-26H2;3H,1H2,2H3;1-2H3. The number of benzene rings is 5. The number of rotatable bonds is 6. The van der Waals surface area contributed by atoms with Crippen LogP contribution in [-0.4, -0.2) is 19.1 Å². The van der Waals surface area contributed by atoms with Crippen molar-refractivity contribution in [3.05, 3.63) is 193 Å². The summed E-state index contributed by atoms with van der Waals surface area (Å²) >= 11 is 0. The van der Waals surface area contributed by atoms with Crippen LogP contribution >= 0.6 is 0 Å². The molecule has 0 N–H and O–H groups in total. The maximum atomic E-state index is 4.35. The Hall–Kier alpha value is -6.26. The van der Waals surface area contributed by atoms with E-state index in [1.807, 2.05) is 45.6 Å². The van der Waals surface area contributed by atoms with E-state index in [0.29, 0.717) is 0 Å². The van der Waals surface area contributed by atoms with Crippen molar-refractivity contribution >= 4 is 43.6 Å². The van der Waals surface area contributed by atoms with Gasteiger partial charge in [-0.25, -0.2) is 0 Å². The summed E-state index contributed by atoms with van der Waals surface area (Å²) in [6, 6.07) is 48.5. The first-order valence-electron chi connectivity index (χ1n) is 17.7. The van der Waals surface area contributed by atoms with Crippen LogP contribution in [0.15, 0.2) is 171 Å². The zero-order valence-corrected chi connectivity index (χ0v) is 29.5. The van der Waals surface area contributed by atoms with Gasteiger partial charge in [0.15, 0.2) is 0 Å². The van der Waals surface area contributed by atoms with E-state index in [1.54, 1.807) is 6.08 Å². The van der Waals surface area contributed by atoms with Gasteiger partial charge in [-0.05, 0) is 90.6 Å². The zero-order chi connectivity index (χ0) is 35.2. The van der Waals surface area contributed by atoms with Crippen LogP contribution in [0.5, 0.6) is 0 Å². The van der Waals surface area contributed by atoms with E-state index in [-0.39, 0.29) is 0 Å². The van der Waals surface area contributed by atoms with Crippen molar-refractivity contribution < 1.29 is 0 Å². The molecule has 0 aliphatic rings. The molecule has 0 saturated heterocycles. The highest BCUT2D eigenvalue weighted by molar-refractivity contribution is 6.09. The Morgan fingerprint density at radius 3 is 1.14 bits per heavy atom. The second kappa shape index (κ2) is 15.1. The van der Waals surface area contributed by atoms with Gasteiger partial charge in [0.1, 0.15) is 0 Å². The molecule has 0 spiro atoms. The highest BCUT2D eigenvalue weighted by Crippen LogP contribution is 2.33. The van der Waals surface area contributed by atoms with Crippen LogP contribution < -0.4 is 0 Å². The van der Waals surface area contributed by atoms with Gasteiger partial charge in [-0.15, -0.1) is 6.58 Å². The van der Waals surface area contributed by atoms with E-state index < -0.39 is 0 Å². The molecule has 4 nitrogen and oxygen atoms in total. The minimum Gasteiger partial charge on any atom is -0.309 e. The SMILES string of the molecule is C=CC.CC.c1ccc2c(c1)c1ccccc1n2-c1ccc(Cc2ccc(Cc3ccc(-n4c5ccncc5c5cnccc54)cc3)cc2)cc1. The van der Waals surface area contributed by atoms with E-state index in [1.165, 1.54) is 49.7 Å². The summed E-state index contributed by atoms with van der Waals surface area (Å²) < 4.78 is 4.66. The lowest BCUT2D eigenvalue weighted by molar-refractivity contribution is 1.13. The lowest BCUT2D eigenvalue weighted by Crippen LogP contribution is -1.96. The van der Waals surface area contributed by atoms with Crippen molar-refractivity contribution in [1.29, 1.82) is 0 Å². The Balaban J connectivity index is 0.000000774. The van der Waals surface area contributed by atoms with Gasteiger partial charge in [0.05, 0.1) is 22.1 Å². The van der Waals surface area contributed by atoms with E-state index >= 15 is 0 Å². The van der Waals surface area contributed by atoms with Gasteiger partial charge in [0.25, 0.3) is 0 Å². The number of hydrogen-bond acceptors (Lipinski definition) is 2. The lowest BCUT2D eigenvalue weighted by Gasteiger charge is -2.10. The van der Waals surface area contributed by atoms with Crippen LogP contribution in [0.25, 0.3) is 55.0 Å². The molecule has 4 heteroatoms. The molecule has 0 saturated carbocycles. The fourth-order valence-electron chi connectivity index (χ4n) is 6.96. The summed E-state index contributed by atoms with van der Waals surface area (Å²) in [6.07, 6.45) is 11.1. The van der Waals surface area contributed by atoms with Crippen LogP contribution in [0.1, 0.15) is 43.0 Å². The average molecular weight is 663 g/mol. The van der Waals surface area contributed by atoms with E-state index in [4.69, 9.17) is 0 Å². The summed E-state index contributed by atoms with van der Waals surface area (Å²) in [5.74, 6) is 0. The molecule has 0 aliphatic carbocycles. The molecule has 0 amide bonds. The van der Waals surface area contributed by atoms with Crippen molar-refractivity contribution in [2.24, 2.45) is 0 Å². The quantitative estimate of drug-likeness (QED) is 0.166. The predicted molar refractivity (Wildman–Crippen MR) is 216 cm³/mol. The normalized spacial score (nSPS) is 10.9. The van der Waals surface area contributed by atoms with Gasteiger partial charge >= 0.3 is 0 Å². The molecule has 4 aromatic heterocycles. The number of pyridine rings is 2. The molecule has 250 valence electrons. The van der Waals surface area contributed by atoms with Crippen molar-refractivity contribution in [2.45, 2.75) is 33.6 Å². The number of para-hydroxylation sites is 2. The first-order valence-corrected chi connectivity index (χ1v) is 17.7. The van der Waals surface area contributed by atoms with Gasteiger partial charge in [0.2, 0.25) is 0 Å². The maximum Gasteiger partial charge on any atom is 0.0572 e. The molecule has 0 fully saturated rings. The van der Waals surface area contributed by atoms with Gasteiger partial charge in [-0.2, -0.15) is 0 Å². The summed E-state index contributed by atoms with van der Waals surface area (Å²) in [5, 5.41) is 4.82. The van der Waals surface area contributed by atoms with Gasteiger partial charge in [-0.3, -0.25) is 9.97 Å². The highest BCUT2D eigenvalue weighted by Gasteiger charge is 2.13. The third-order valence-electron chi connectivity index (χ3n) is 9.18. The lowest BCUT2D eigenvalue weighted by atomic mass is 10.00. The van der Waals surface area contributed by atoms with Crippen LogP contribution in [0.3, 0.4) is 0 Å². The molecule has 5 aromatic carbocycles. The summed E-state index contributed by atoms with van der Waals surface area (Å²) in [5.41, 5.74) is 12.3. The molecular weight excluding hydrogens is 621 g/mol. The highest BCUT2D eigenvalue weighted by atomic mass is 15.0. The topological polar surface area (TPSA) is 35.6 Å². The molecule has 51 heavy (non-hydrogen) atoms. The van der Waals surface area contributed by atoms with Gasteiger partial charge in [0, 0.05) is 57.7 Å². The second-order valence-corrected chi connectivity index (χ2v) is 12.4. The van der Waals surface area contributed by atoms with Crippen molar-refractivity contribution in [3.8, 4) is 11.4 Å². The summed E-state index contributed by atoms with van der Waals surface area (Å²) in [7, 11) is 0. The fraction of sp³-hybridized carbons (Fsp3) is 0.106. The van der Waals surface area contributed by atoms with E-state index in [2.05, 4.69) is 159 Å². The van der Waals surface area contributed by atoms with Gasteiger partial charge in [-0.1, -0.05) is 105 Å². The fourth-order valence-corrected chi connectivity index (χ4v) is 6.96. The Labute approximate surface area is 300 Å². The van der Waals surface area contributed by atoms with Crippen LogP contribution in [-0.2, 0) is 12.8 Å². The van der Waals surface area contributed by atoms with Crippen molar-refractivity contribution in [2.75, 3.05) is 0 Å². The Morgan fingerprint density at radius 1 is 0.451 bits per heavy atom. The molecule has 0 aliphatic heterocycles. The van der Waals surface area contributed by atoms with Crippen LogP contribution in [0.4, 0.5) is 0 Å². The van der Waals surface area contributed by atoms with E-state index in [0.717, 1.165) is 40.3 Å². The molecule has 0 bridgehead atoms. The third kappa shape index (κ3) is 6.56. The minimum atomic E-state index is 0.898. The smallest absolute Gasteiger partial charge is 0.0572 e. The van der Waals surface area contributed by atoms with Crippen molar-refractivity contribution in [1.82, 2.24) is 19.1 Å². The number of nitrogens with zero attached hydrogens (tertiary/aromatic N) is 4. The Bertz CT molecular complexity index is 2270. The van der Waals surface area contributed by atoms with Crippen molar-refractivity contribution in [3.63, 3.8) is 0 Å². The number of hydrogen-bond donors (Lipinski definition) is 0. The molecule has 4 heterocycles. The molecule has 9 rings (SSSR count). The molecular formula is C47H42N4. The molecule has 0 radical (unpaired) electrons. The molecule has 0 atom stereocenters. The second-order valence-electron chi connectivity index (χ2n) is 12.4. The van der Waals surface area contributed by atoms with Crippen LogP contribution in [0.2, 0.25) is 0 Å². The average Bonchev–Trinajstić information content (AvgIpc) is 3.71. The van der Waals surface area contributed by atoms with Gasteiger partial charge < -0.3 is 9.13 Å². The number of fused-ring (bicyclic) bond motifs is 6. The van der Waals surface area contributed by atoms with E-state index in [9.17, 15) is 0 Å². The molecule has 0 unspecified atom stereocenters. The third-order valence-corrected chi connectivity index (χ3v) is 9.18. The monoisotopic (exact) mass is 662 g/mol. The number of allylic oxidation sites excluding steroid dienone is 1. The number of aromatic nitrogens is 4. The Morgan fingerprint density at radius 2 is 0.765 bits per heavy atom. The summed E-state index contributed by atoms with van der Waals surface area (Å²) in [4.78, 5) is 8.70. The minimum absolute atomic E-state index is 0.898. The largest absolute Gasteiger partial charge is 0.309 e.